The van der Waals surface area contributed by atoms with Gasteiger partial charge in [0.15, 0.2) is 6.29 Å². The predicted molar refractivity (Wildman–Crippen MR) is 83.7 cm³/mol. The van der Waals surface area contributed by atoms with Crippen LogP contribution in [0.3, 0.4) is 0 Å². The van der Waals surface area contributed by atoms with Gasteiger partial charge in [0.2, 0.25) is 6.29 Å². The van der Waals surface area contributed by atoms with Crippen molar-refractivity contribution in [2.24, 2.45) is 11.8 Å². The van der Waals surface area contributed by atoms with Crippen LogP contribution in [0.25, 0.3) is 0 Å². The molecule has 2 heterocycles. The molecule has 2 aliphatic heterocycles. The Bertz CT molecular complexity index is 603. The predicted octanol–water partition coefficient (Wildman–Crippen LogP) is -3.12. The Balaban J connectivity index is 1.85. The van der Waals surface area contributed by atoms with Crippen molar-refractivity contribution in [3.63, 3.8) is 0 Å². The van der Waals surface area contributed by atoms with E-state index in [2.05, 4.69) is 0 Å². The van der Waals surface area contributed by atoms with Gasteiger partial charge in [0, 0.05) is 5.92 Å². The van der Waals surface area contributed by atoms with Crippen LogP contribution in [-0.4, -0.2) is 97.0 Å². The lowest BCUT2D eigenvalue weighted by atomic mass is 9.81. The van der Waals surface area contributed by atoms with Gasteiger partial charge in [0.1, 0.15) is 24.4 Å². The number of aliphatic hydroxyl groups excluding tert-OH is 5. The van der Waals surface area contributed by atoms with E-state index in [0.29, 0.717) is 0 Å². The molecule has 1 saturated carbocycles. The van der Waals surface area contributed by atoms with Gasteiger partial charge in [-0.15, -0.1) is 0 Å². The van der Waals surface area contributed by atoms with Crippen molar-refractivity contribution >= 4 is 5.97 Å². The fourth-order valence-corrected chi connectivity index (χ4v) is 3.99. The summed E-state index contributed by atoms with van der Waals surface area (Å²) in [5.74, 6) is -3.05. The number of ether oxygens (including phenoxy) is 3. The lowest BCUT2D eigenvalue weighted by molar-refractivity contribution is -0.347. The maximum absolute atomic E-state index is 11.4. The second-order valence-electron chi connectivity index (χ2n) is 7.33. The minimum atomic E-state index is -1.75. The number of carboxylic acid groups (broad SMARTS) is 1. The number of hydrogen-bond donors (Lipinski definition) is 7. The van der Waals surface area contributed by atoms with Gasteiger partial charge in [-0.05, 0) is 13.3 Å². The quantitative estimate of drug-likeness (QED) is 0.256. The van der Waals surface area contributed by atoms with Gasteiger partial charge in [0.05, 0.1) is 36.1 Å². The largest absolute Gasteiger partial charge is 0.478 e. The Kier molecular flexibility index (Phi) is 5.49. The zero-order valence-electron chi connectivity index (χ0n) is 14.5. The van der Waals surface area contributed by atoms with Crippen molar-refractivity contribution in [2.45, 2.75) is 62.0 Å². The Labute approximate surface area is 154 Å². The van der Waals surface area contributed by atoms with Crippen molar-refractivity contribution in [3.8, 4) is 0 Å². The van der Waals surface area contributed by atoms with Gasteiger partial charge in [-0.2, -0.15) is 0 Å². The first-order valence-corrected chi connectivity index (χ1v) is 8.54. The van der Waals surface area contributed by atoms with Crippen LogP contribution in [0.5, 0.6) is 0 Å². The van der Waals surface area contributed by atoms with Crippen LogP contribution in [0.2, 0.25) is 0 Å². The van der Waals surface area contributed by atoms with E-state index >= 15 is 0 Å². The number of carbonyl (C=O) groups is 1. The van der Waals surface area contributed by atoms with Gasteiger partial charge in [-0.3, -0.25) is 0 Å². The summed E-state index contributed by atoms with van der Waals surface area (Å²) in [5.41, 5.74) is -1.89. The molecule has 2 fully saturated rings. The Morgan fingerprint density at radius 3 is 2.48 bits per heavy atom. The van der Waals surface area contributed by atoms with Crippen molar-refractivity contribution in [2.75, 3.05) is 6.61 Å². The number of aliphatic hydroxyl groups is 6. The molecule has 10 unspecified atom stereocenters. The number of rotatable bonds is 4. The molecule has 154 valence electrons. The summed E-state index contributed by atoms with van der Waals surface area (Å²) in [6.07, 6.45) is -9.29. The molecular formula is C16H24O11. The number of carboxylic acids is 1. The summed E-state index contributed by atoms with van der Waals surface area (Å²) >= 11 is 0. The molecular weight excluding hydrogens is 368 g/mol. The third kappa shape index (κ3) is 3.34. The Hall–Kier alpha value is -1.31. The van der Waals surface area contributed by atoms with E-state index in [9.17, 15) is 40.5 Å². The first kappa shape index (κ1) is 20.4. The molecule has 0 bridgehead atoms. The maximum Gasteiger partial charge on any atom is 0.334 e. The molecule has 0 aromatic heterocycles. The molecule has 27 heavy (non-hydrogen) atoms. The molecule has 11 heteroatoms. The second-order valence-corrected chi connectivity index (χ2v) is 7.33. The fraction of sp³-hybridized carbons (Fsp3) is 0.812. The average Bonchev–Trinajstić information content (AvgIpc) is 2.85. The number of hydrogen-bond acceptors (Lipinski definition) is 10. The summed E-state index contributed by atoms with van der Waals surface area (Å²) in [6.45, 7) is 0.669. The van der Waals surface area contributed by atoms with E-state index < -0.39 is 73.1 Å². The van der Waals surface area contributed by atoms with Crippen LogP contribution in [0, 0.1) is 11.8 Å². The zero-order valence-corrected chi connectivity index (χ0v) is 14.5. The monoisotopic (exact) mass is 392 g/mol. The van der Waals surface area contributed by atoms with E-state index in [1.165, 1.54) is 6.92 Å². The summed E-state index contributed by atoms with van der Waals surface area (Å²) in [5, 5.41) is 69.1. The fourth-order valence-electron chi connectivity index (χ4n) is 3.99. The van der Waals surface area contributed by atoms with Crippen molar-refractivity contribution in [1.29, 1.82) is 0 Å². The molecule has 0 aromatic carbocycles. The molecule has 0 amide bonds. The lowest BCUT2D eigenvalue weighted by Gasteiger charge is -2.44. The van der Waals surface area contributed by atoms with Crippen LogP contribution >= 0.6 is 0 Å². The highest BCUT2D eigenvalue weighted by Crippen LogP contribution is 2.49. The number of fused-ring (bicyclic) bond motifs is 1. The lowest BCUT2D eigenvalue weighted by Crippen LogP contribution is -2.61. The van der Waals surface area contributed by atoms with Crippen LogP contribution in [-0.2, 0) is 19.0 Å². The summed E-state index contributed by atoms with van der Waals surface area (Å²) in [7, 11) is 0. The normalized spacial score (nSPS) is 49.9. The summed E-state index contributed by atoms with van der Waals surface area (Å²) in [4.78, 5) is 11.4. The topological polar surface area (TPSA) is 186 Å². The van der Waals surface area contributed by atoms with Gasteiger partial charge in [-0.25, -0.2) is 4.79 Å². The molecule has 1 saturated heterocycles. The first-order valence-electron chi connectivity index (χ1n) is 8.54. The van der Waals surface area contributed by atoms with E-state index in [1.54, 1.807) is 0 Å². The molecule has 0 aromatic rings. The molecule has 1 aliphatic carbocycles. The van der Waals surface area contributed by atoms with E-state index in [-0.39, 0.29) is 12.0 Å². The third-order valence-corrected chi connectivity index (χ3v) is 5.65. The maximum atomic E-state index is 11.4. The SMILES string of the molecule is CC1(O)C(O)CC2C(C(=O)O)=COC(OC3OC(CO)C(O)C(O)C3O)C21. The standard InChI is InChI=1S/C16H24O11/c1-16(24)8(18)2-5-6(13(22)23)4-25-14(9(5)16)27-15-12(21)11(20)10(19)7(3-17)26-15/h4-5,7-12,14-15,17-21,24H,2-3H2,1H3,(H,22,23). The molecule has 0 spiro atoms. The highest BCUT2D eigenvalue weighted by atomic mass is 16.8. The molecule has 11 nitrogen and oxygen atoms in total. The van der Waals surface area contributed by atoms with Crippen molar-refractivity contribution < 1.29 is 54.8 Å². The minimum Gasteiger partial charge on any atom is -0.478 e. The molecule has 0 radical (unpaired) electrons. The van der Waals surface area contributed by atoms with Crippen LogP contribution in [0.1, 0.15) is 13.3 Å². The highest BCUT2D eigenvalue weighted by molar-refractivity contribution is 5.87. The highest BCUT2D eigenvalue weighted by Gasteiger charge is 2.59. The van der Waals surface area contributed by atoms with E-state index in [4.69, 9.17) is 14.2 Å². The first-order chi connectivity index (χ1) is 12.6. The van der Waals surface area contributed by atoms with Gasteiger partial charge in [0.25, 0.3) is 0 Å². The number of aliphatic carboxylic acids is 1. The average molecular weight is 392 g/mol. The van der Waals surface area contributed by atoms with Gasteiger partial charge < -0.3 is 50.0 Å². The smallest absolute Gasteiger partial charge is 0.334 e. The summed E-state index contributed by atoms with van der Waals surface area (Å²) in [6, 6.07) is 0. The molecule has 3 rings (SSSR count). The molecule has 3 aliphatic rings. The van der Waals surface area contributed by atoms with Gasteiger partial charge in [-0.1, -0.05) is 0 Å². The molecule has 10 atom stereocenters. The van der Waals surface area contributed by atoms with Crippen LogP contribution < -0.4 is 0 Å². The summed E-state index contributed by atoms with van der Waals surface area (Å²) < 4.78 is 16.1. The van der Waals surface area contributed by atoms with Crippen LogP contribution in [0.4, 0.5) is 0 Å². The van der Waals surface area contributed by atoms with E-state index in [1.807, 2.05) is 0 Å². The van der Waals surface area contributed by atoms with Crippen LogP contribution in [0.15, 0.2) is 11.8 Å². The minimum absolute atomic E-state index is 0.0340. The zero-order chi connectivity index (χ0) is 20.1. The molecule has 7 N–H and O–H groups in total. The second kappa shape index (κ2) is 7.26. The van der Waals surface area contributed by atoms with Crippen molar-refractivity contribution in [1.82, 2.24) is 0 Å². The van der Waals surface area contributed by atoms with Gasteiger partial charge >= 0.3 is 5.97 Å². The Morgan fingerprint density at radius 2 is 1.89 bits per heavy atom. The van der Waals surface area contributed by atoms with Crippen molar-refractivity contribution in [3.05, 3.63) is 11.8 Å². The third-order valence-electron chi connectivity index (χ3n) is 5.65. The Morgan fingerprint density at radius 1 is 1.22 bits per heavy atom. The van der Waals surface area contributed by atoms with E-state index in [0.717, 1.165) is 6.26 Å².